The molecule has 160 valence electrons. The second kappa shape index (κ2) is 10.3. The second-order valence-electron chi connectivity index (χ2n) is 8.31. The van der Waals surface area contributed by atoms with Crippen LogP contribution < -0.4 is 10.1 Å². The summed E-state index contributed by atoms with van der Waals surface area (Å²) in [4.78, 5) is 14.9. The first-order valence-electron chi connectivity index (χ1n) is 11.0. The minimum absolute atomic E-state index is 0.0621. The smallest absolute Gasteiger partial charge is 0.251 e. The lowest BCUT2D eigenvalue weighted by molar-refractivity contribution is 0.0950. The number of rotatable bonds is 7. The monoisotopic (exact) mass is 414 g/mol. The lowest BCUT2D eigenvalue weighted by atomic mass is 10.0. The van der Waals surface area contributed by atoms with Crippen molar-refractivity contribution in [3.05, 3.63) is 101 Å². The first kappa shape index (κ1) is 21.1. The number of likely N-dealkylation sites (tertiary alicyclic amines) is 1. The third-order valence-corrected chi connectivity index (χ3v) is 5.79. The van der Waals surface area contributed by atoms with Crippen molar-refractivity contribution in [1.82, 2.24) is 10.2 Å². The fraction of sp³-hybridized carbons (Fsp3) is 0.296. The zero-order valence-electron chi connectivity index (χ0n) is 18.1. The summed E-state index contributed by atoms with van der Waals surface area (Å²) in [5, 5.41) is 3.02. The summed E-state index contributed by atoms with van der Waals surface area (Å²) in [6.45, 7) is 2.63. The number of piperidine rings is 1. The maximum atomic E-state index is 12.6. The van der Waals surface area contributed by atoms with E-state index in [4.69, 9.17) is 4.74 Å². The molecule has 0 unspecified atom stereocenters. The quantitative estimate of drug-likeness (QED) is 0.610. The molecule has 1 saturated heterocycles. The van der Waals surface area contributed by atoms with Crippen LogP contribution >= 0.6 is 0 Å². The average molecular weight is 415 g/mol. The summed E-state index contributed by atoms with van der Waals surface area (Å²) in [7, 11) is 2.15. The van der Waals surface area contributed by atoms with E-state index in [1.165, 1.54) is 11.1 Å². The second-order valence-corrected chi connectivity index (χ2v) is 8.31. The van der Waals surface area contributed by atoms with Gasteiger partial charge in [-0.1, -0.05) is 54.6 Å². The first-order valence-corrected chi connectivity index (χ1v) is 11.0. The molecule has 1 aliphatic heterocycles. The molecule has 0 aliphatic carbocycles. The van der Waals surface area contributed by atoms with E-state index in [1.807, 2.05) is 66.7 Å². The minimum Gasteiger partial charge on any atom is -0.490 e. The molecule has 1 heterocycles. The van der Waals surface area contributed by atoms with Gasteiger partial charge in [0.15, 0.2) is 0 Å². The van der Waals surface area contributed by atoms with Crippen molar-refractivity contribution in [3.8, 4) is 5.75 Å². The third kappa shape index (κ3) is 6.19. The van der Waals surface area contributed by atoms with Gasteiger partial charge in [-0.3, -0.25) is 4.79 Å². The molecule has 0 atom stereocenters. The van der Waals surface area contributed by atoms with Crippen molar-refractivity contribution < 1.29 is 9.53 Å². The van der Waals surface area contributed by atoms with Gasteiger partial charge in [-0.25, -0.2) is 0 Å². The van der Waals surface area contributed by atoms with Crippen LogP contribution in [0.1, 0.15) is 39.9 Å². The fourth-order valence-corrected chi connectivity index (χ4v) is 3.91. The van der Waals surface area contributed by atoms with E-state index in [9.17, 15) is 4.79 Å². The topological polar surface area (TPSA) is 41.6 Å². The Bertz CT molecular complexity index is 978. The molecule has 1 N–H and O–H groups in total. The summed E-state index contributed by atoms with van der Waals surface area (Å²) < 4.78 is 6.16. The van der Waals surface area contributed by atoms with Crippen LogP contribution in [0.25, 0.3) is 0 Å². The predicted molar refractivity (Wildman–Crippen MR) is 124 cm³/mol. The molecule has 4 heteroatoms. The van der Waals surface area contributed by atoms with Gasteiger partial charge < -0.3 is 15.0 Å². The highest BCUT2D eigenvalue weighted by molar-refractivity contribution is 5.94. The molecular weight excluding hydrogens is 384 g/mol. The van der Waals surface area contributed by atoms with Crippen molar-refractivity contribution in [2.45, 2.75) is 31.9 Å². The lowest BCUT2D eigenvalue weighted by Crippen LogP contribution is -2.35. The molecule has 0 aromatic heterocycles. The summed E-state index contributed by atoms with van der Waals surface area (Å²) >= 11 is 0. The van der Waals surface area contributed by atoms with Gasteiger partial charge in [-0.2, -0.15) is 0 Å². The molecule has 3 aromatic carbocycles. The average Bonchev–Trinajstić information content (AvgIpc) is 2.80. The molecule has 0 spiro atoms. The van der Waals surface area contributed by atoms with Gasteiger partial charge in [0.1, 0.15) is 11.9 Å². The van der Waals surface area contributed by atoms with Crippen LogP contribution in [0, 0.1) is 0 Å². The van der Waals surface area contributed by atoms with Crippen LogP contribution in [0.3, 0.4) is 0 Å². The highest BCUT2D eigenvalue weighted by atomic mass is 16.5. The molecule has 1 amide bonds. The Morgan fingerprint density at radius 2 is 1.58 bits per heavy atom. The van der Waals surface area contributed by atoms with E-state index in [2.05, 4.69) is 29.4 Å². The number of carbonyl (C=O) groups is 1. The summed E-state index contributed by atoms with van der Waals surface area (Å²) in [6.07, 6.45) is 3.25. The largest absolute Gasteiger partial charge is 0.490 e. The lowest BCUT2D eigenvalue weighted by Gasteiger charge is -2.29. The molecule has 0 saturated carbocycles. The van der Waals surface area contributed by atoms with E-state index in [0.717, 1.165) is 43.7 Å². The standard InChI is InChI=1S/C27H30N2O2/c1-29-16-14-25(15-17-29)31-26-9-5-8-23(19-26)20-28-27(30)24-12-10-22(11-13-24)18-21-6-3-2-4-7-21/h2-13,19,25H,14-18,20H2,1H3,(H,28,30). The maximum absolute atomic E-state index is 12.6. The number of ether oxygens (including phenoxy) is 1. The number of hydrogen-bond acceptors (Lipinski definition) is 3. The number of nitrogens with one attached hydrogen (secondary N) is 1. The third-order valence-electron chi connectivity index (χ3n) is 5.79. The van der Waals surface area contributed by atoms with Gasteiger partial charge in [0, 0.05) is 25.2 Å². The Morgan fingerprint density at radius 3 is 2.32 bits per heavy atom. The number of hydrogen-bond donors (Lipinski definition) is 1. The van der Waals surface area contributed by atoms with Crippen LogP contribution in [0.2, 0.25) is 0 Å². The normalized spacial score (nSPS) is 14.9. The molecule has 31 heavy (non-hydrogen) atoms. The molecule has 4 rings (SSSR count). The summed E-state index contributed by atoms with van der Waals surface area (Å²) in [5.41, 5.74) is 4.18. The van der Waals surface area contributed by atoms with Crippen molar-refractivity contribution >= 4 is 5.91 Å². The maximum Gasteiger partial charge on any atom is 0.251 e. The van der Waals surface area contributed by atoms with Gasteiger partial charge in [-0.15, -0.1) is 0 Å². The molecule has 3 aromatic rings. The fourth-order valence-electron chi connectivity index (χ4n) is 3.91. The Morgan fingerprint density at radius 1 is 0.903 bits per heavy atom. The van der Waals surface area contributed by atoms with E-state index in [-0.39, 0.29) is 12.0 Å². The number of amides is 1. The van der Waals surface area contributed by atoms with Crippen LogP contribution in [-0.2, 0) is 13.0 Å². The van der Waals surface area contributed by atoms with Crippen LogP contribution in [0.15, 0.2) is 78.9 Å². The Hall–Kier alpha value is -3.11. The zero-order chi connectivity index (χ0) is 21.5. The van der Waals surface area contributed by atoms with Crippen molar-refractivity contribution in [2.75, 3.05) is 20.1 Å². The molecular formula is C27H30N2O2. The molecule has 4 nitrogen and oxygen atoms in total. The van der Waals surface area contributed by atoms with Gasteiger partial charge in [0.25, 0.3) is 5.91 Å². The molecule has 1 aliphatic rings. The SMILES string of the molecule is CN1CCC(Oc2cccc(CNC(=O)c3ccc(Cc4ccccc4)cc3)c2)CC1. The van der Waals surface area contributed by atoms with Crippen molar-refractivity contribution in [1.29, 1.82) is 0 Å². The van der Waals surface area contributed by atoms with E-state index in [1.54, 1.807) is 0 Å². The Kier molecular flexibility index (Phi) is 7.00. The predicted octanol–water partition coefficient (Wildman–Crippen LogP) is 4.68. The van der Waals surface area contributed by atoms with Gasteiger partial charge in [-0.05, 0) is 67.3 Å². The Labute approximate surface area is 184 Å². The number of nitrogens with zero attached hydrogens (tertiary/aromatic N) is 1. The number of benzene rings is 3. The Balaban J connectivity index is 1.29. The molecule has 0 radical (unpaired) electrons. The molecule has 0 bridgehead atoms. The first-order chi connectivity index (χ1) is 15.2. The molecule has 1 fully saturated rings. The van der Waals surface area contributed by atoms with Crippen LogP contribution in [-0.4, -0.2) is 37.0 Å². The summed E-state index contributed by atoms with van der Waals surface area (Å²) in [6, 6.07) is 26.2. The van der Waals surface area contributed by atoms with Gasteiger partial charge in [0.2, 0.25) is 0 Å². The van der Waals surface area contributed by atoms with Crippen molar-refractivity contribution in [2.24, 2.45) is 0 Å². The summed E-state index contributed by atoms with van der Waals surface area (Å²) in [5.74, 6) is 0.819. The van der Waals surface area contributed by atoms with Crippen LogP contribution in [0.4, 0.5) is 0 Å². The van der Waals surface area contributed by atoms with E-state index in [0.29, 0.717) is 12.1 Å². The highest BCUT2D eigenvalue weighted by Gasteiger charge is 2.18. The van der Waals surface area contributed by atoms with Crippen LogP contribution in [0.5, 0.6) is 5.75 Å². The van der Waals surface area contributed by atoms with Gasteiger partial charge >= 0.3 is 0 Å². The van der Waals surface area contributed by atoms with Gasteiger partial charge in [0.05, 0.1) is 0 Å². The van der Waals surface area contributed by atoms with E-state index < -0.39 is 0 Å². The zero-order valence-corrected chi connectivity index (χ0v) is 18.1. The van der Waals surface area contributed by atoms with E-state index >= 15 is 0 Å². The van der Waals surface area contributed by atoms with Crippen molar-refractivity contribution in [3.63, 3.8) is 0 Å². The highest BCUT2D eigenvalue weighted by Crippen LogP contribution is 2.20. The number of carbonyl (C=O) groups excluding carboxylic acids is 1. The minimum atomic E-state index is -0.0621.